The second-order valence-electron chi connectivity index (χ2n) is 3.82. The summed E-state index contributed by atoms with van der Waals surface area (Å²) in [6.07, 6.45) is 0. The lowest BCUT2D eigenvalue weighted by Gasteiger charge is -2.10. The Labute approximate surface area is 109 Å². The van der Waals surface area contributed by atoms with Crippen molar-refractivity contribution in [3.8, 4) is 11.5 Å². The van der Waals surface area contributed by atoms with Gasteiger partial charge >= 0.3 is 0 Å². The highest BCUT2D eigenvalue weighted by Gasteiger charge is 2.17. The van der Waals surface area contributed by atoms with Crippen LogP contribution in [0.2, 0.25) is 0 Å². The molecule has 0 aliphatic heterocycles. The number of rotatable bonds is 3. The van der Waals surface area contributed by atoms with E-state index in [0.29, 0.717) is 5.69 Å². The number of benzene rings is 2. The van der Waals surface area contributed by atoms with Crippen LogP contribution in [0.3, 0.4) is 0 Å². The highest BCUT2D eigenvalue weighted by atomic mass is 19.1. The third kappa shape index (κ3) is 2.82. The van der Waals surface area contributed by atoms with Crippen molar-refractivity contribution in [3.05, 3.63) is 53.8 Å². The lowest BCUT2D eigenvalue weighted by molar-refractivity contribution is 0.102. The Hall–Kier alpha value is -2.56. The van der Waals surface area contributed by atoms with Gasteiger partial charge in [-0.2, -0.15) is 0 Å². The van der Waals surface area contributed by atoms with Crippen molar-refractivity contribution in [2.45, 2.75) is 0 Å². The first-order valence-electron chi connectivity index (χ1n) is 5.54. The molecule has 1 amide bonds. The molecule has 2 N–H and O–H groups in total. The molecule has 0 atom stereocenters. The molecular formula is C14H12FNO3. The first-order valence-corrected chi connectivity index (χ1v) is 5.54. The first kappa shape index (κ1) is 12.9. The number of carbonyl (C=O) groups excluding carboxylic acids is 1. The number of phenols is 1. The molecule has 19 heavy (non-hydrogen) atoms. The second kappa shape index (κ2) is 5.39. The first-order chi connectivity index (χ1) is 9.11. The van der Waals surface area contributed by atoms with Crippen LogP contribution in [0.5, 0.6) is 11.5 Å². The van der Waals surface area contributed by atoms with E-state index in [9.17, 15) is 14.3 Å². The fourth-order valence-electron chi connectivity index (χ4n) is 1.68. The molecule has 4 nitrogen and oxygen atoms in total. The summed E-state index contributed by atoms with van der Waals surface area (Å²) in [6, 6.07) is 9.98. The number of phenolic OH excluding ortho intramolecular Hbond substituents is 1. The highest BCUT2D eigenvalue weighted by molar-refractivity contribution is 6.08. The summed E-state index contributed by atoms with van der Waals surface area (Å²) in [4.78, 5) is 12.1. The van der Waals surface area contributed by atoms with Gasteiger partial charge in [-0.1, -0.05) is 12.1 Å². The number of methoxy groups -OCH3 is 1. The molecule has 0 aliphatic rings. The topological polar surface area (TPSA) is 58.6 Å². The van der Waals surface area contributed by atoms with Crippen LogP contribution in [0.15, 0.2) is 42.5 Å². The number of ether oxygens (including phenoxy) is 1. The maximum atomic E-state index is 13.0. The van der Waals surface area contributed by atoms with Crippen LogP contribution in [-0.2, 0) is 0 Å². The molecule has 0 bridgehead atoms. The molecule has 0 spiro atoms. The van der Waals surface area contributed by atoms with E-state index in [1.54, 1.807) is 18.2 Å². The molecule has 2 aromatic carbocycles. The largest absolute Gasteiger partial charge is 0.507 e. The van der Waals surface area contributed by atoms with Crippen molar-refractivity contribution >= 4 is 11.6 Å². The van der Waals surface area contributed by atoms with Gasteiger partial charge in [-0.15, -0.1) is 0 Å². The van der Waals surface area contributed by atoms with Crippen LogP contribution < -0.4 is 10.1 Å². The molecular weight excluding hydrogens is 249 g/mol. The fourth-order valence-corrected chi connectivity index (χ4v) is 1.68. The SMILES string of the molecule is COc1cccc(O)c1C(=O)Nc1cccc(F)c1. The molecule has 0 saturated carbocycles. The zero-order valence-electron chi connectivity index (χ0n) is 10.2. The van der Waals surface area contributed by atoms with Crippen molar-refractivity contribution in [1.29, 1.82) is 0 Å². The molecule has 0 fully saturated rings. The fraction of sp³-hybridized carbons (Fsp3) is 0.0714. The normalized spacial score (nSPS) is 10.0. The van der Waals surface area contributed by atoms with E-state index < -0.39 is 11.7 Å². The number of hydrogen-bond donors (Lipinski definition) is 2. The third-order valence-electron chi connectivity index (χ3n) is 2.53. The van der Waals surface area contributed by atoms with Crippen molar-refractivity contribution in [2.75, 3.05) is 12.4 Å². The van der Waals surface area contributed by atoms with Gasteiger partial charge in [-0.05, 0) is 30.3 Å². The van der Waals surface area contributed by atoms with Gasteiger partial charge < -0.3 is 15.2 Å². The second-order valence-corrected chi connectivity index (χ2v) is 3.82. The predicted octanol–water partition coefficient (Wildman–Crippen LogP) is 2.79. The number of amides is 1. The monoisotopic (exact) mass is 261 g/mol. The number of nitrogens with one attached hydrogen (secondary N) is 1. The van der Waals surface area contributed by atoms with E-state index in [-0.39, 0.29) is 17.1 Å². The Morgan fingerprint density at radius 1 is 1.26 bits per heavy atom. The minimum Gasteiger partial charge on any atom is -0.507 e. The molecule has 0 unspecified atom stereocenters. The van der Waals surface area contributed by atoms with Gasteiger partial charge in [0.2, 0.25) is 0 Å². The van der Waals surface area contributed by atoms with Gasteiger partial charge in [-0.25, -0.2) is 4.39 Å². The average molecular weight is 261 g/mol. The predicted molar refractivity (Wildman–Crippen MR) is 69.0 cm³/mol. The Kier molecular flexibility index (Phi) is 3.66. The Morgan fingerprint density at radius 2 is 2.00 bits per heavy atom. The van der Waals surface area contributed by atoms with Crippen LogP contribution in [0, 0.1) is 5.82 Å². The van der Waals surface area contributed by atoms with Crippen molar-refractivity contribution in [1.82, 2.24) is 0 Å². The number of carbonyl (C=O) groups is 1. The molecule has 0 heterocycles. The minimum absolute atomic E-state index is 0.00858. The molecule has 0 aromatic heterocycles. The maximum absolute atomic E-state index is 13.0. The number of halogens is 1. The smallest absolute Gasteiger partial charge is 0.263 e. The van der Waals surface area contributed by atoms with Gasteiger partial charge in [0.1, 0.15) is 22.9 Å². The maximum Gasteiger partial charge on any atom is 0.263 e. The number of aromatic hydroxyl groups is 1. The van der Waals surface area contributed by atoms with Gasteiger partial charge in [0.05, 0.1) is 7.11 Å². The summed E-state index contributed by atoms with van der Waals surface area (Å²) in [5, 5.41) is 12.2. The summed E-state index contributed by atoms with van der Waals surface area (Å²) in [7, 11) is 1.40. The van der Waals surface area contributed by atoms with Gasteiger partial charge in [0.25, 0.3) is 5.91 Å². The summed E-state index contributed by atoms with van der Waals surface area (Å²) in [5.41, 5.74) is 0.310. The molecule has 0 radical (unpaired) electrons. The lowest BCUT2D eigenvalue weighted by Crippen LogP contribution is -2.13. The molecule has 5 heteroatoms. The van der Waals surface area contributed by atoms with Crippen molar-refractivity contribution in [2.24, 2.45) is 0 Å². The van der Waals surface area contributed by atoms with Crippen LogP contribution in [0.25, 0.3) is 0 Å². The van der Waals surface area contributed by atoms with Gasteiger partial charge in [0, 0.05) is 5.69 Å². The molecule has 2 rings (SSSR count). The number of anilines is 1. The zero-order valence-corrected chi connectivity index (χ0v) is 10.2. The van der Waals surface area contributed by atoms with Crippen LogP contribution in [0.1, 0.15) is 10.4 Å². The summed E-state index contributed by atoms with van der Waals surface area (Å²) in [5.74, 6) is -0.982. The summed E-state index contributed by atoms with van der Waals surface area (Å²) < 4.78 is 18.0. The molecule has 0 aliphatic carbocycles. The quantitative estimate of drug-likeness (QED) is 0.893. The summed E-state index contributed by atoms with van der Waals surface area (Å²) in [6.45, 7) is 0. The van der Waals surface area contributed by atoms with E-state index in [1.807, 2.05) is 0 Å². The van der Waals surface area contributed by atoms with Crippen LogP contribution >= 0.6 is 0 Å². The molecule has 98 valence electrons. The van der Waals surface area contributed by atoms with Crippen LogP contribution in [-0.4, -0.2) is 18.1 Å². The van der Waals surface area contributed by atoms with E-state index in [4.69, 9.17) is 4.74 Å². The van der Waals surface area contributed by atoms with Gasteiger partial charge in [0.15, 0.2) is 0 Å². The van der Waals surface area contributed by atoms with Gasteiger partial charge in [-0.3, -0.25) is 4.79 Å². The molecule has 2 aromatic rings. The number of hydrogen-bond acceptors (Lipinski definition) is 3. The summed E-state index contributed by atoms with van der Waals surface area (Å²) >= 11 is 0. The van der Waals surface area contributed by atoms with E-state index >= 15 is 0 Å². The minimum atomic E-state index is -0.569. The Balaban J connectivity index is 2.30. The van der Waals surface area contributed by atoms with Crippen molar-refractivity contribution in [3.63, 3.8) is 0 Å². The van der Waals surface area contributed by atoms with E-state index in [0.717, 1.165) is 0 Å². The van der Waals surface area contributed by atoms with Crippen LogP contribution in [0.4, 0.5) is 10.1 Å². The van der Waals surface area contributed by atoms with E-state index in [1.165, 1.54) is 31.4 Å². The zero-order chi connectivity index (χ0) is 13.8. The third-order valence-corrected chi connectivity index (χ3v) is 2.53. The standard InChI is InChI=1S/C14H12FNO3/c1-19-12-7-3-6-11(17)13(12)14(18)16-10-5-2-4-9(15)8-10/h2-8,17H,1H3,(H,16,18). The van der Waals surface area contributed by atoms with E-state index in [2.05, 4.69) is 5.32 Å². The Bertz CT molecular complexity index is 613. The van der Waals surface area contributed by atoms with Crippen molar-refractivity contribution < 1.29 is 19.0 Å². The average Bonchev–Trinajstić information content (AvgIpc) is 2.38. The highest BCUT2D eigenvalue weighted by Crippen LogP contribution is 2.28. The lowest BCUT2D eigenvalue weighted by atomic mass is 10.1. The molecule has 0 saturated heterocycles. The Morgan fingerprint density at radius 3 is 2.68 bits per heavy atom.